The minimum absolute atomic E-state index is 0. The largest absolute Gasteiger partial charge is 0.344 e. The molecular weight excluding hydrogens is 153 g/mol. The number of hydrogen-bond acceptors (Lipinski definition) is 3. The van der Waals surface area contributed by atoms with Gasteiger partial charge >= 0.3 is 0 Å². The Bertz CT molecular complexity index is 91.5. The van der Waals surface area contributed by atoms with Gasteiger partial charge in [-0.1, -0.05) is 0 Å². The fourth-order valence-electron chi connectivity index (χ4n) is 0.109. The van der Waals surface area contributed by atoms with Crippen LogP contribution in [-0.2, 0) is 9.59 Å². The van der Waals surface area contributed by atoms with Crippen molar-refractivity contribution < 1.29 is 9.59 Å². The molecule has 3 nitrogen and oxygen atoms in total. The van der Waals surface area contributed by atoms with E-state index in [0.29, 0.717) is 0 Å². The Morgan fingerprint density at radius 3 is 1.38 bits per heavy atom. The molecule has 0 aromatic heterocycles. The second-order valence-corrected chi connectivity index (χ2v) is 1.73. The first-order chi connectivity index (χ1) is 3.13. The van der Waals surface area contributed by atoms with Crippen molar-refractivity contribution in [2.45, 2.75) is 6.42 Å². The van der Waals surface area contributed by atoms with Crippen LogP contribution in [0, 0.1) is 0 Å². The molecule has 0 saturated carbocycles. The van der Waals surface area contributed by atoms with Crippen molar-refractivity contribution in [1.29, 1.82) is 0 Å². The summed E-state index contributed by atoms with van der Waals surface area (Å²) in [5.74, 6) is 0. The molecule has 0 aromatic rings. The van der Waals surface area contributed by atoms with Crippen molar-refractivity contribution in [1.82, 2.24) is 6.15 Å². The van der Waals surface area contributed by atoms with E-state index in [-0.39, 0.29) is 12.6 Å². The number of halogens is 2. The van der Waals surface area contributed by atoms with Gasteiger partial charge in [0.2, 0.25) is 10.5 Å². The molecule has 0 amide bonds. The Kier molecular flexibility index (Phi) is 6.78. The highest BCUT2D eigenvalue weighted by molar-refractivity contribution is 6.72. The predicted molar refractivity (Wildman–Crippen MR) is 31.4 cm³/mol. The lowest BCUT2D eigenvalue weighted by atomic mass is 10.5. The van der Waals surface area contributed by atoms with E-state index in [2.05, 4.69) is 0 Å². The molecule has 0 radical (unpaired) electrons. The molecule has 0 bridgehead atoms. The smallest absolute Gasteiger partial charge is 0.230 e. The maximum absolute atomic E-state index is 9.71. The zero-order chi connectivity index (χ0) is 5.86. The Morgan fingerprint density at radius 2 is 1.38 bits per heavy atom. The van der Waals surface area contributed by atoms with E-state index in [4.69, 9.17) is 23.2 Å². The van der Waals surface area contributed by atoms with Crippen LogP contribution < -0.4 is 6.15 Å². The molecule has 0 atom stereocenters. The van der Waals surface area contributed by atoms with Gasteiger partial charge in [-0.3, -0.25) is 9.59 Å². The zero-order valence-electron chi connectivity index (χ0n) is 3.99. The summed E-state index contributed by atoms with van der Waals surface area (Å²) in [5, 5.41) is -1.44. The topological polar surface area (TPSA) is 69.1 Å². The van der Waals surface area contributed by atoms with Crippen LogP contribution in [0.2, 0.25) is 0 Å². The first kappa shape index (κ1) is 10.8. The number of hydrogen-bond donors (Lipinski definition) is 1. The van der Waals surface area contributed by atoms with E-state index < -0.39 is 10.5 Å². The van der Waals surface area contributed by atoms with Gasteiger partial charge < -0.3 is 6.15 Å². The number of carbonyl (C=O) groups excluding carboxylic acids is 2. The SMILES string of the molecule is N.O=C(Cl)CC(=O)Cl. The van der Waals surface area contributed by atoms with Gasteiger partial charge in [0, 0.05) is 0 Å². The van der Waals surface area contributed by atoms with E-state index in [1.807, 2.05) is 0 Å². The van der Waals surface area contributed by atoms with E-state index >= 15 is 0 Å². The molecule has 48 valence electrons. The van der Waals surface area contributed by atoms with Gasteiger partial charge in [-0.15, -0.1) is 0 Å². The first-order valence-corrected chi connectivity index (χ1v) is 2.25. The lowest BCUT2D eigenvalue weighted by Crippen LogP contribution is -1.92. The van der Waals surface area contributed by atoms with E-state index in [1.165, 1.54) is 0 Å². The molecule has 0 unspecified atom stereocenters. The van der Waals surface area contributed by atoms with Crippen molar-refractivity contribution in [3.05, 3.63) is 0 Å². The third-order valence-corrected chi connectivity index (χ3v) is 0.545. The minimum Gasteiger partial charge on any atom is -0.344 e. The molecule has 3 N–H and O–H groups in total. The second-order valence-electron chi connectivity index (χ2n) is 0.887. The maximum atomic E-state index is 9.71. The molecule has 0 spiro atoms. The lowest BCUT2D eigenvalue weighted by molar-refractivity contribution is -0.118. The summed E-state index contributed by atoms with van der Waals surface area (Å²) in [6, 6.07) is 0. The number of carbonyl (C=O) groups is 2. The van der Waals surface area contributed by atoms with Crippen LogP contribution >= 0.6 is 23.2 Å². The van der Waals surface area contributed by atoms with E-state index in [0.717, 1.165) is 0 Å². The Hall–Kier alpha value is -0.120. The molecule has 0 saturated heterocycles. The van der Waals surface area contributed by atoms with Crippen LogP contribution in [0.5, 0.6) is 0 Å². The first-order valence-electron chi connectivity index (χ1n) is 1.49. The van der Waals surface area contributed by atoms with Crippen LogP contribution in [0.15, 0.2) is 0 Å². The van der Waals surface area contributed by atoms with E-state index in [9.17, 15) is 9.59 Å². The van der Waals surface area contributed by atoms with Crippen LogP contribution in [0.25, 0.3) is 0 Å². The average Bonchev–Trinajstić information content (AvgIpc) is 1.27. The van der Waals surface area contributed by atoms with E-state index in [1.54, 1.807) is 0 Å². The highest BCUT2D eigenvalue weighted by Crippen LogP contribution is 1.92. The van der Waals surface area contributed by atoms with Gasteiger partial charge in [0.25, 0.3) is 0 Å². The molecule has 0 aromatic carbocycles. The molecule has 0 aliphatic carbocycles. The number of rotatable bonds is 2. The Labute approximate surface area is 56.5 Å². The van der Waals surface area contributed by atoms with Gasteiger partial charge in [0.15, 0.2) is 0 Å². The van der Waals surface area contributed by atoms with Crippen LogP contribution in [0.4, 0.5) is 0 Å². The van der Waals surface area contributed by atoms with Gasteiger partial charge in [0.05, 0.1) is 6.42 Å². The van der Waals surface area contributed by atoms with Crippen LogP contribution in [-0.4, -0.2) is 10.5 Å². The average molecular weight is 158 g/mol. The quantitative estimate of drug-likeness (QED) is 0.482. The molecule has 0 heterocycles. The third-order valence-electron chi connectivity index (χ3n) is 0.278. The summed E-state index contributed by atoms with van der Waals surface area (Å²) in [7, 11) is 0. The van der Waals surface area contributed by atoms with Crippen molar-refractivity contribution in [3.8, 4) is 0 Å². The van der Waals surface area contributed by atoms with Gasteiger partial charge in [-0.25, -0.2) is 0 Å². The molecule has 8 heavy (non-hydrogen) atoms. The second kappa shape index (κ2) is 5.03. The fourth-order valence-corrected chi connectivity index (χ4v) is 0.420. The molecule has 0 aliphatic rings. The highest BCUT2D eigenvalue weighted by atomic mass is 35.5. The van der Waals surface area contributed by atoms with Crippen molar-refractivity contribution in [2.75, 3.05) is 0 Å². The Balaban J connectivity index is 0. The molecule has 0 fully saturated rings. The zero-order valence-corrected chi connectivity index (χ0v) is 5.50. The van der Waals surface area contributed by atoms with Crippen molar-refractivity contribution in [2.24, 2.45) is 0 Å². The fraction of sp³-hybridized carbons (Fsp3) is 0.333. The third kappa shape index (κ3) is 9.30. The van der Waals surface area contributed by atoms with Crippen molar-refractivity contribution in [3.63, 3.8) is 0 Å². The minimum atomic E-state index is -0.722. The van der Waals surface area contributed by atoms with Gasteiger partial charge in [0.1, 0.15) is 0 Å². The van der Waals surface area contributed by atoms with Gasteiger partial charge in [-0.05, 0) is 23.2 Å². The standard InChI is InChI=1S/C3H2Cl2O2.H3N/c4-2(6)1-3(5)7;/h1H2;1H3. The molecule has 0 aliphatic heterocycles. The Morgan fingerprint density at radius 1 is 1.12 bits per heavy atom. The summed E-state index contributed by atoms with van der Waals surface area (Å²) < 4.78 is 0. The summed E-state index contributed by atoms with van der Waals surface area (Å²) in [6.45, 7) is 0. The predicted octanol–water partition coefficient (Wildman–Crippen LogP) is 1.07. The maximum Gasteiger partial charge on any atom is 0.230 e. The highest BCUT2D eigenvalue weighted by Gasteiger charge is 2.00. The summed E-state index contributed by atoms with van der Waals surface area (Å²) >= 11 is 9.46. The van der Waals surface area contributed by atoms with Crippen LogP contribution in [0.3, 0.4) is 0 Å². The van der Waals surface area contributed by atoms with Gasteiger partial charge in [-0.2, -0.15) is 0 Å². The summed E-state index contributed by atoms with van der Waals surface area (Å²) in [5.41, 5.74) is 0. The lowest BCUT2D eigenvalue weighted by Gasteiger charge is -1.76. The molecule has 5 heteroatoms. The molecule has 0 rings (SSSR count). The van der Waals surface area contributed by atoms with Crippen LogP contribution in [0.1, 0.15) is 6.42 Å². The molecular formula is C3H5Cl2NO2. The van der Waals surface area contributed by atoms with Crippen molar-refractivity contribution >= 4 is 33.7 Å². The monoisotopic (exact) mass is 157 g/mol. The summed E-state index contributed by atoms with van der Waals surface area (Å²) in [4.78, 5) is 19.4. The summed E-state index contributed by atoms with van der Waals surface area (Å²) in [6.07, 6.45) is -0.386. The normalized spacial score (nSPS) is 7.25.